The Morgan fingerprint density at radius 1 is 1.47 bits per heavy atom. The molecule has 0 fully saturated rings. The van der Waals surface area contributed by atoms with Gasteiger partial charge in [0.15, 0.2) is 12.4 Å². The molecule has 1 aromatic carbocycles. The number of carbonyl (C=O) groups excluding carboxylic acids is 1. The van der Waals surface area contributed by atoms with Crippen LogP contribution in [0.1, 0.15) is 11.7 Å². The maximum absolute atomic E-state index is 11.2. The third-order valence-corrected chi connectivity index (χ3v) is 2.25. The first-order chi connectivity index (χ1) is 9.17. The Bertz CT molecular complexity index is 568. The Labute approximate surface area is 110 Å². The molecule has 0 radical (unpaired) electrons. The third-order valence-electron chi connectivity index (χ3n) is 2.25. The molecule has 0 saturated carbocycles. The zero-order valence-electron chi connectivity index (χ0n) is 10.6. The molecule has 2 amide bonds. The van der Waals surface area contributed by atoms with Crippen molar-refractivity contribution in [2.75, 3.05) is 12.4 Å². The van der Waals surface area contributed by atoms with Gasteiger partial charge < -0.3 is 19.9 Å². The van der Waals surface area contributed by atoms with Crippen LogP contribution >= 0.6 is 0 Å². The van der Waals surface area contributed by atoms with Crippen molar-refractivity contribution < 1.29 is 14.1 Å². The number of ether oxygens (including phenoxy) is 1. The van der Waals surface area contributed by atoms with E-state index in [4.69, 9.17) is 9.26 Å². The molecule has 0 aliphatic carbocycles. The summed E-state index contributed by atoms with van der Waals surface area (Å²) in [5.74, 6) is 1.57. The van der Waals surface area contributed by atoms with Crippen molar-refractivity contribution >= 4 is 11.7 Å². The molecule has 7 nitrogen and oxygen atoms in total. The molecule has 0 spiro atoms. The Morgan fingerprint density at radius 3 is 3.00 bits per heavy atom. The quantitative estimate of drug-likeness (QED) is 0.875. The third kappa shape index (κ3) is 3.70. The molecule has 0 bridgehead atoms. The van der Waals surface area contributed by atoms with Crippen molar-refractivity contribution in [3.63, 3.8) is 0 Å². The number of rotatable bonds is 4. The van der Waals surface area contributed by atoms with E-state index in [9.17, 15) is 4.79 Å². The van der Waals surface area contributed by atoms with E-state index in [0.29, 0.717) is 23.2 Å². The molecule has 19 heavy (non-hydrogen) atoms. The molecule has 0 unspecified atom stereocenters. The maximum Gasteiger partial charge on any atom is 0.318 e. The van der Waals surface area contributed by atoms with Gasteiger partial charge in [0.1, 0.15) is 5.75 Å². The van der Waals surface area contributed by atoms with Gasteiger partial charge in [0, 0.05) is 18.8 Å². The largest absolute Gasteiger partial charge is 0.484 e. The molecule has 2 N–H and O–H groups in total. The number of nitrogens with zero attached hydrogens (tertiary/aromatic N) is 2. The average molecular weight is 262 g/mol. The SMILES string of the molecule is CNC(=O)Nc1cccc(OCc2nc(C)no2)c1. The second kappa shape index (κ2) is 5.85. The van der Waals surface area contributed by atoms with Gasteiger partial charge in [-0.15, -0.1) is 0 Å². The lowest BCUT2D eigenvalue weighted by molar-refractivity contribution is 0.242. The average Bonchev–Trinajstić information content (AvgIpc) is 2.82. The van der Waals surface area contributed by atoms with Crippen molar-refractivity contribution in [2.24, 2.45) is 0 Å². The minimum Gasteiger partial charge on any atom is -0.484 e. The van der Waals surface area contributed by atoms with E-state index in [1.165, 1.54) is 0 Å². The molecule has 0 saturated heterocycles. The summed E-state index contributed by atoms with van der Waals surface area (Å²) in [6.07, 6.45) is 0. The summed E-state index contributed by atoms with van der Waals surface area (Å²) in [5, 5.41) is 8.79. The first-order valence-electron chi connectivity index (χ1n) is 5.68. The fourth-order valence-electron chi connectivity index (χ4n) is 1.40. The van der Waals surface area contributed by atoms with Crippen LogP contribution in [0.15, 0.2) is 28.8 Å². The second-order valence-electron chi connectivity index (χ2n) is 3.76. The molecule has 0 aliphatic heterocycles. The van der Waals surface area contributed by atoms with Gasteiger partial charge in [0.2, 0.25) is 0 Å². The number of aromatic nitrogens is 2. The van der Waals surface area contributed by atoms with Gasteiger partial charge in [0.25, 0.3) is 5.89 Å². The van der Waals surface area contributed by atoms with Crippen LogP contribution in [0.5, 0.6) is 5.75 Å². The van der Waals surface area contributed by atoms with Gasteiger partial charge in [-0.05, 0) is 19.1 Å². The van der Waals surface area contributed by atoms with Gasteiger partial charge in [-0.3, -0.25) is 0 Å². The van der Waals surface area contributed by atoms with E-state index < -0.39 is 0 Å². The van der Waals surface area contributed by atoms with Crippen molar-refractivity contribution in [2.45, 2.75) is 13.5 Å². The zero-order valence-corrected chi connectivity index (χ0v) is 10.6. The Morgan fingerprint density at radius 2 is 2.32 bits per heavy atom. The lowest BCUT2D eigenvalue weighted by Gasteiger charge is -2.07. The van der Waals surface area contributed by atoms with Crippen molar-refractivity contribution in [3.8, 4) is 5.75 Å². The summed E-state index contributed by atoms with van der Waals surface area (Å²) >= 11 is 0. The van der Waals surface area contributed by atoms with Crippen LogP contribution in [0.3, 0.4) is 0 Å². The van der Waals surface area contributed by atoms with Crippen LogP contribution in [0.25, 0.3) is 0 Å². The van der Waals surface area contributed by atoms with E-state index in [0.717, 1.165) is 0 Å². The molecule has 1 aromatic heterocycles. The molecular weight excluding hydrogens is 248 g/mol. The molecular formula is C12H14N4O3. The smallest absolute Gasteiger partial charge is 0.318 e. The van der Waals surface area contributed by atoms with Crippen LogP contribution in [0.2, 0.25) is 0 Å². The number of nitrogens with one attached hydrogen (secondary N) is 2. The number of aryl methyl sites for hydroxylation is 1. The predicted octanol–water partition coefficient (Wildman–Crippen LogP) is 1.71. The summed E-state index contributed by atoms with van der Waals surface area (Å²) < 4.78 is 10.4. The van der Waals surface area contributed by atoms with E-state index in [1.54, 1.807) is 38.2 Å². The van der Waals surface area contributed by atoms with Gasteiger partial charge in [-0.2, -0.15) is 4.98 Å². The Balaban J connectivity index is 1.97. The molecule has 0 atom stereocenters. The highest BCUT2D eigenvalue weighted by Crippen LogP contribution is 2.18. The fourth-order valence-corrected chi connectivity index (χ4v) is 1.40. The molecule has 0 aliphatic rings. The molecule has 2 rings (SSSR count). The van der Waals surface area contributed by atoms with Crippen LogP contribution in [-0.4, -0.2) is 23.2 Å². The van der Waals surface area contributed by atoms with Gasteiger partial charge in [-0.25, -0.2) is 4.79 Å². The monoisotopic (exact) mass is 262 g/mol. The molecule has 1 heterocycles. The number of anilines is 1. The van der Waals surface area contributed by atoms with Crippen molar-refractivity contribution in [1.82, 2.24) is 15.5 Å². The van der Waals surface area contributed by atoms with Gasteiger partial charge in [0.05, 0.1) is 0 Å². The summed E-state index contributed by atoms with van der Waals surface area (Å²) in [7, 11) is 1.55. The highest BCUT2D eigenvalue weighted by molar-refractivity contribution is 5.89. The lowest BCUT2D eigenvalue weighted by atomic mass is 10.3. The highest BCUT2D eigenvalue weighted by Gasteiger charge is 2.05. The van der Waals surface area contributed by atoms with Crippen LogP contribution in [-0.2, 0) is 6.61 Å². The summed E-state index contributed by atoms with van der Waals surface area (Å²) in [6.45, 7) is 1.92. The van der Waals surface area contributed by atoms with Crippen molar-refractivity contribution in [3.05, 3.63) is 36.0 Å². The number of benzene rings is 1. The summed E-state index contributed by atoms with van der Waals surface area (Å²) in [6, 6.07) is 6.74. The second-order valence-corrected chi connectivity index (χ2v) is 3.76. The first kappa shape index (κ1) is 12.9. The van der Waals surface area contributed by atoms with Crippen LogP contribution in [0.4, 0.5) is 10.5 Å². The number of hydrogen-bond acceptors (Lipinski definition) is 5. The van der Waals surface area contributed by atoms with Crippen LogP contribution < -0.4 is 15.4 Å². The number of urea groups is 1. The minimum absolute atomic E-state index is 0.185. The van der Waals surface area contributed by atoms with E-state index in [-0.39, 0.29) is 12.6 Å². The van der Waals surface area contributed by atoms with E-state index >= 15 is 0 Å². The zero-order chi connectivity index (χ0) is 13.7. The van der Waals surface area contributed by atoms with E-state index in [2.05, 4.69) is 20.8 Å². The Hall–Kier alpha value is -2.57. The number of hydrogen-bond donors (Lipinski definition) is 2. The fraction of sp³-hybridized carbons (Fsp3) is 0.250. The van der Waals surface area contributed by atoms with E-state index in [1.807, 2.05) is 0 Å². The molecule has 7 heteroatoms. The Kier molecular flexibility index (Phi) is 3.97. The van der Waals surface area contributed by atoms with Gasteiger partial charge in [-0.1, -0.05) is 11.2 Å². The predicted molar refractivity (Wildman–Crippen MR) is 67.9 cm³/mol. The maximum atomic E-state index is 11.2. The topological polar surface area (TPSA) is 89.3 Å². The summed E-state index contributed by atoms with van der Waals surface area (Å²) in [4.78, 5) is 15.2. The molecule has 100 valence electrons. The summed E-state index contributed by atoms with van der Waals surface area (Å²) in [5.41, 5.74) is 0.638. The van der Waals surface area contributed by atoms with Crippen LogP contribution in [0, 0.1) is 6.92 Å². The minimum atomic E-state index is -0.287. The standard InChI is InChI=1S/C12H14N4O3/c1-8-14-11(19-16-8)7-18-10-5-3-4-9(6-10)15-12(17)13-2/h3-6H,7H2,1-2H3,(H2,13,15,17). The number of amides is 2. The highest BCUT2D eigenvalue weighted by atomic mass is 16.5. The van der Waals surface area contributed by atoms with Crippen molar-refractivity contribution in [1.29, 1.82) is 0 Å². The molecule has 2 aromatic rings. The lowest BCUT2D eigenvalue weighted by Crippen LogP contribution is -2.24. The normalized spacial score (nSPS) is 10.0. The first-order valence-corrected chi connectivity index (χ1v) is 5.68. The number of carbonyl (C=O) groups is 1. The van der Waals surface area contributed by atoms with Gasteiger partial charge >= 0.3 is 6.03 Å².